The molecule has 0 aliphatic carbocycles. The molecule has 0 radical (unpaired) electrons. The highest BCUT2D eigenvalue weighted by Crippen LogP contribution is 2.24. The fourth-order valence-corrected chi connectivity index (χ4v) is 2.66. The minimum Gasteiger partial charge on any atom is -0.342 e. The molecule has 1 aromatic heterocycles. The second kappa shape index (κ2) is 6.46. The topological polar surface area (TPSA) is 34.0 Å². The van der Waals surface area contributed by atoms with Crippen LogP contribution in [0.15, 0.2) is 34.9 Å². The number of amides is 1. The minimum absolute atomic E-state index is 0.130. The first kappa shape index (κ1) is 15.1. The quantitative estimate of drug-likeness (QED) is 0.833. The lowest BCUT2D eigenvalue weighted by molar-refractivity contribution is 0.101. The monoisotopic (exact) mass is 354 g/mol. The van der Waals surface area contributed by atoms with Gasteiger partial charge in [-0.15, -0.1) is 0 Å². The normalized spacial score (nSPS) is 10.6. The molecule has 0 atom stereocenters. The highest BCUT2D eigenvalue weighted by molar-refractivity contribution is 9.10. The fourth-order valence-electron chi connectivity index (χ4n) is 2.02. The van der Waals surface area contributed by atoms with Gasteiger partial charge in [-0.25, -0.2) is 0 Å². The Morgan fingerprint density at radius 1 is 1.45 bits per heavy atom. The molecule has 0 bridgehead atoms. The van der Waals surface area contributed by atoms with Gasteiger partial charge in [0.05, 0.1) is 0 Å². The molecule has 1 aromatic carbocycles. The van der Waals surface area contributed by atoms with Crippen molar-refractivity contribution < 1.29 is 4.79 Å². The van der Waals surface area contributed by atoms with Gasteiger partial charge in [0.15, 0.2) is 0 Å². The predicted molar refractivity (Wildman–Crippen MR) is 86.6 cm³/mol. The predicted octanol–water partition coefficient (Wildman–Crippen LogP) is 4.87. The Morgan fingerprint density at radius 3 is 2.90 bits per heavy atom. The summed E-state index contributed by atoms with van der Waals surface area (Å²) < 4.78 is 2.85. The van der Waals surface area contributed by atoms with Crippen LogP contribution in [0.4, 0.5) is 5.69 Å². The van der Waals surface area contributed by atoms with Crippen molar-refractivity contribution in [2.75, 3.05) is 5.32 Å². The number of aryl methyl sites for hydroxylation is 1. The number of rotatable bonds is 4. The van der Waals surface area contributed by atoms with Crippen LogP contribution in [0.3, 0.4) is 0 Å². The van der Waals surface area contributed by atoms with Crippen LogP contribution in [0.25, 0.3) is 0 Å². The van der Waals surface area contributed by atoms with Crippen molar-refractivity contribution in [1.29, 1.82) is 0 Å². The molecule has 2 aromatic rings. The molecule has 0 saturated carbocycles. The average Bonchev–Trinajstić information content (AvgIpc) is 2.76. The van der Waals surface area contributed by atoms with E-state index in [-0.39, 0.29) is 5.91 Å². The number of halogens is 2. The zero-order chi connectivity index (χ0) is 14.7. The van der Waals surface area contributed by atoms with Crippen molar-refractivity contribution in [2.45, 2.75) is 26.8 Å². The van der Waals surface area contributed by atoms with Gasteiger partial charge in [0.1, 0.15) is 5.69 Å². The summed E-state index contributed by atoms with van der Waals surface area (Å²) in [5.74, 6) is -0.130. The Balaban J connectivity index is 2.26. The smallest absolute Gasteiger partial charge is 0.272 e. The van der Waals surface area contributed by atoms with E-state index >= 15 is 0 Å². The zero-order valence-electron chi connectivity index (χ0n) is 11.4. The van der Waals surface area contributed by atoms with E-state index in [0.29, 0.717) is 10.7 Å². The van der Waals surface area contributed by atoms with Crippen LogP contribution >= 0.6 is 27.5 Å². The van der Waals surface area contributed by atoms with E-state index in [4.69, 9.17) is 11.6 Å². The number of nitrogens with zero attached hydrogens (tertiary/aromatic N) is 1. The van der Waals surface area contributed by atoms with E-state index in [0.717, 1.165) is 28.7 Å². The molecule has 106 valence electrons. The Hall–Kier alpha value is -1.26. The van der Waals surface area contributed by atoms with Crippen molar-refractivity contribution >= 4 is 39.1 Å². The lowest BCUT2D eigenvalue weighted by atomic mass is 10.2. The van der Waals surface area contributed by atoms with Gasteiger partial charge in [-0.3, -0.25) is 4.79 Å². The van der Waals surface area contributed by atoms with Crippen molar-refractivity contribution in [3.8, 4) is 0 Å². The molecule has 0 aliphatic rings. The molecule has 1 amide bonds. The van der Waals surface area contributed by atoms with E-state index in [9.17, 15) is 4.79 Å². The average molecular weight is 356 g/mol. The number of hydrogen-bond donors (Lipinski definition) is 1. The number of benzene rings is 1. The minimum atomic E-state index is -0.130. The number of nitrogens with one attached hydrogen (secondary N) is 1. The van der Waals surface area contributed by atoms with Crippen LogP contribution in [-0.2, 0) is 6.54 Å². The van der Waals surface area contributed by atoms with E-state index in [1.54, 1.807) is 0 Å². The summed E-state index contributed by atoms with van der Waals surface area (Å²) in [6.07, 6.45) is 2.89. The maximum atomic E-state index is 12.4. The van der Waals surface area contributed by atoms with Gasteiger partial charge >= 0.3 is 0 Å². The van der Waals surface area contributed by atoms with E-state index < -0.39 is 0 Å². The lowest BCUT2D eigenvalue weighted by Crippen LogP contribution is -2.17. The molecule has 1 heterocycles. The van der Waals surface area contributed by atoms with Gasteiger partial charge < -0.3 is 9.88 Å². The number of carbonyl (C=O) groups is 1. The number of carbonyl (C=O) groups excluding carboxylic acids is 1. The van der Waals surface area contributed by atoms with Crippen molar-refractivity contribution in [3.63, 3.8) is 0 Å². The maximum Gasteiger partial charge on any atom is 0.272 e. The van der Waals surface area contributed by atoms with Gasteiger partial charge in [0.2, 0.25) is 0 Å². The molecular weight excluding hydrogens is 340 g/mol. The summed E-state index contributed by atoms with van der Waals surface area (Å²) in [6.45, 7) is 4.78. The number of anilines is 1. The standard InChI is InChI=1S/C15H16BrClN2O/c1-3-7-19-9-11(16)8-14(19)15(20)18-13-6-4-5-12(17)10(13)2/h4-6,8-9H,3,7H2,1-2H3,(H,18,20). The van der Waals surface area contributed by atoms with Gasteiger partial charge in [0, 0.05) is 27.9 Å². The number of hydrogen-bond acceptors (Lipinski definition) is 1. The Bertz CT molecular complexity index is 637. The highest BCUT2D eigenvalue weighted by atomic mass is 79.9. The third-order valence-corrected chi connectivity index (χ3v) is 3.92. The Labute approximate surface area is 132 Å². The Kier molecular flexibility index (Phi) is 4.89. The molecule has 0 fully saturated rings. The summed E-state index contributed by atoms with van der Waals surface area (Å²) in [5.41, 5.74) is 2.25. The first-order valence-corrected chi connectivity index (χ1v) is 7.62. The first-order chi connectivity index (χ1) is 9.52. The molecule has 5 heteroatoms. The van der Waals surface area contributed by atoms with Gasteiger partial charge in [-0.2, -0.15) is 0 Å². The zero-order valence-corrected chi connectivity index (χ0v) is 13.8. The fraction of sp³-hybridized carbons (Fsp3) is 0.267. The van der Waals surface area contributed by atoms with Crippen molar-refractivity contribution in [3.05, 3.63) is 51.2 Å². The second-order valence-electron chi connectivity index (χ2n) is 4.60. The lowest BCUT2D eigenvalue weighted by Gasteiger charge is -2.11. The third-order valence-electron chi connectivity index (χ3n) is 3.08. The van der Waals surface area contributed by atoms with Crippen LogP contribution in [0, 0.1) is 6.92 Å². The highest BCUT2D eigenvalue weighted by Gasteiger charge is 2.14. The van der Waals surface area contributed by atoms with E-state index in [1.807, 2.05) is 42.0 Å². The maximum absolute atomic E-state index is 12.4. The summed E-state index contributed by atoms with van der Waals surface area (Å²) in [5, 5.41) is 3.56. The van der Waals surface area contributed by atoms with Crippen LogP contribution in [-0.4, -0.2) is 10.5 Å². The molecule has 2 rings (SSSR count). The molecule has 0 aliphatic heterocycles. The molecule has 0 unspecified atom stereocenters. The van der Waals surface area contributed by atoms with Gasteiger partial charge in [-0.1, -0.05) is 24.6 Å². The molecule has 1 N–H and O–H groups in total. The van der Waals surface area contributed by atoms with Gasteiger partial charge in [-0.05, 0) is 53.0 Å². The molecule has 0 saturated heterocycles. The SMILES string of the molecule is CCCn1cc(Br)cc1C(=O)Nc1cccc(Cl)c1C. The summed E-state index contributed by atoms with van der Waals surface area (Å²) in [7, 11) is 0. The summed E-state index contributed by atoms with van der Waals surface area (Å²) in [6, 6.07) is 7.31. The van der Waals surface area contributed by atoms with Crippen molar-refractivity contribution in [2.24, 2.45) is 0 Å². The number of aromatic nitrogens is 1. The van der Waals surface area contributed by atoms with E-state index in [1.165, 1.54) is 0 Å². The largest absolute Gasteiger partial charge is 0.342 e. The Morgan fingerprint density at radius 2 is 2.20 bits per heavy atom. The van der Waals surface area contributed by atoms with E-state index in [2.05, 4.69) is 28.2 Å². The van der Waals surface area contributed by atoms with Crippen LogP contribution < -0.4 is 5.32 Å². The molecule has 3 nitrogen and oxygen atoms in total. The summed E-state index contributed by atoms with van der Waals surface area (Å²) in [4.78, 5) is 12.4. The third kappa shape index (κ3) is 3.25. The molecule has 20 heavy (non-hydrogen) atoms. The first-order valence-electron chi connectivity index (χ1n) is 6.45. The molecular formula is C15H16BrClN2O. The van der Waals surface area contributed by atoms with Crippen molar-refractivity contribution in [1.82, 2.24) is 4.57 Å². The van der Waals surface area contributed by atoms with Crippen LogP contribution in [0.2, 0.25) is 5.02 Å². The summed E-state index contributed by atoms with van der Waals surface area (Å²) >= 11 is 9.48. The van der Waals surface area contributed by atoms with Gasteiger partial charge in [0.25, 0.3) is 5.91 Å². The second-order valence-corrected chi connectivity index (χ2v) is 5.93. The van der Waals surface area contributed by atoms with Crippen LogP contribution in [0.1, 0.15) is 29.4 Å². The molecule has 0 spiro atoms. The van der Waals surface area contributed by atoms with Crippen LogP contribution in [0.5, 0.6) is 0 Å².